The minimum absolute atomic E-state index is 0.0647. The summed E-state index contributed by atoms with van der Waals surface area (Å²) in [6.07, 6.45) is 2.73. The normalized spacial score (nSPS) is 18.1. The molecule has 0 spiro atoms. The Morgan fingerprint density at radius 3 is 2.56 bits per heavy atom. The number of benzene rings is 1. The highest BCUT2D eigenvalue weighted by atomic mass is 19.3. The first kappa shape index (κ1) is 25.8. The van der Waals surface area contributed by atoms with E-state index in [9.17, 15) is 23.2 Å². The molecule has 3 amide bonds. The molecule has 9 nitrogen and oxygen atoms in total. The van der Waals surface area contributed by atoms with Crippen molar-refractivity contribution in [3.63, 3.8) is 0 Å². The van der Waals surface area contributed by atoms with Gasteiger partial charge in [0.1, 0.15) is 6.61 Å². The van der Waals surface area contributed by atoms with Gasteiger partial charge in [-0.15, -0.1) is 0 Å². The van der Waals surface area contributed by atoms with Crippen LogP contribution in [0, 0.1) is 5.41 Å². The van der Waals surface area contributed by atoms with Crippen molar-refractivity contribution in [3.05, 3.63) is 18.2 Å². The zero-order chi connectivity index (χ0) is 25.0. The van der Waals surface area contributed by atoms with Gasteiger partial charge in [-0.3, -0.25) is 19.3 Å². The van der Waals surface area contributed by atoms with Gasteiger partial charge in [0, 0.05) is 30.9 Å². The summed E-state index contributed by atoms with van der Waals surface area (Å²) < 4.78 is 35.9. The number of halogens is 2. The lowest BCUT2D eigenvalue weighted by Crippen LogP contribution is -2.59. The van der Waals surface area contributed by atoms with E-state index in [2.05, 4.69) is 10.1 Å². The van der Waals surface area contributed by atoms with Crippen LogP contribution < -0.4 is 20.7 Å². The maximum absolute atomic E-state index is 13.2. The molecule has 1 aromatic rings. The molecule has 1 aliphatic carbocycles. The van der Waals surface area contributed by atoms with Gasteiger partial charge in [0.25, 0.3) is 11.8 Å². The third-order valence-corrected chi connectivity index (χ3v) is 5.77. The number of morpholine rings is 1. The molecule has 1 atom stereocenters. The Hall–Kier alpha value is -2.79. The summed E-state index contributed by atoms with van der Waals surface area (Å²) >= 11 is 0. The van der Waals surface area contributed by atoms with E-state index in [-0.39, 0.29) is 48.3 Å². The molecule has 0 aromatic heterocycles. The maximum atomic E-state index is 13.2. The van der Waals surface area contributed by atoms with Crippen LogP contribution in [0.2, 0.25) is 0 Å². The number of carbonyl (C=O) groups is 3. The Kier molecular flexibility index (Phi) is 8.09. The zero-order valence-corrected chi connectivity index (χ0v) is 19.7. The molecule has 188 valence electrons. The number of primary amides is 1. The van der Waals surface area contributed by atoms with Crippen LogP contribution in [0.3, 0.4) is 0 Å². The summed E-state index contributed by atoms with van der Waals surface area (Å²) in [6, 6.07) is 2.93. The fraction of sp³-hybridized carbons (Fsp3) is 0.609. The van der Waals surface area contributed by atoms with E-state index < -0.39 is 30.4 Å². The van der Waals surface area contributed by atoms with Crippen LogP contribution >= 0.6 is 0 Å². The van der Waals surface area contributed by atoms with Crippen LogP contribution in [0.4, 0.5) is 20.2 Å². The van der Waals surface area contributed by atoms with Gasteiger partial charge < -0.3 is 25.4 Å². The molecule has 34 heavy (non-hydrogen) atoms. The zero-order valence-electron chi connectivity index (χ0n) is 19.7. The van der Waals surface area contributed by atoms with Crippen molar-refractivity contribution in [2.24, 2.45) is 11.1 Å². The number of rotatable bonds is 9. The van der Waals surface area contributed by atoms with E-state index in [0.717, 1.165) is 19.3 Å². The minimum Gasteiger partial charge on any atom is -0.433 e. The van der Waals surface area contributed by atoms with E-state index in [1.165, 1.54) is 23.1 Å². The fourth-order valence-corrected chi connectivity index (χ4v) is 4.13. The fourth-order valence-electron chi connectivity index (χ4n) is 4.13. The average molecular weight is 483 g/mol. The Morgan fingerprint density at radius 1 is 1.32 bits per heavy atom. The van der Waals surface area contributed by atoms with E-state index in [1.807, 2.05) is 25.7 Å². The second-order valence-corrected chi connectivity index (χ2v) is 9.77. The van der Waals surface area contributed by atoms with Crippen molar-refractivity contribution in [3.8, 4) is 5.75 Å². The van der Waals surface area contributed by atoms with Crippen LogP contribution in [-0.4, -0.2) is 67.6 Å². The third kappa shape index (κ3) is 6.41. The second kappa shape index (κ2) is 10.6. The number of anilines is 2. The lowest BCUT2D eigenvalue weighted by atomic mass is 9.86. The molecule has 0 unspecified atom stereocenters. The van der Waals surface area contributed by atoms with E-state index in [1.54, 1.807) is 0 Å². The van der Waals surface area contributed by atoms with Crippen LogP contribution in [0.1, 0.15) is 40.0 Å². The van der Waals surface area contributed by atoms with Crippen molar-refractivity contribution in [1.82, 2.24) is 4.90 Å². The van der Waals surface area contributed by atoms with E-state index in [0.29, 0.717) is 6.54 Å². The number of ether oxygens (including phenoxy) is 2. The summed E-state index contributed by atoms with van der Waals surface area (Å²) in [5.74, 6) is -2.10. The van der Waals surface area contributed by atoms with Crippen LogP contribution in [-0.2, 0) is 19.1 Å². The number of nitrogens with one attached hydrogen (secondary N) is 1. The summed E-state index contributed by atoms with van der Waals surface area (Å²) in [5.41, 5.74) is 5.73. The number of nitrogens with two attached hydrogens (primary N) is 1. The molecular weight excluding hydrogens is 450 g/mol. The Labute approximate surface area is 197 Å². The van der Waals surface area contributed by atoms with Gasteiger partial charge in [-0.25, -0.2) is 0 Å². The molecule has 11 heteroatoms. The second-order valence-electron chi connectivity index (χ2n) is 9.77. The summed E-state index contributed by atoms with van der Waals surface area (Å²) in [5, 5.41) is 2.61. The largest absolute Gasteiger partial charge is 0.433 e. The molecule has 2 fully saturated rings. The van der Waals surface area contributed by atoms with Crippen LogP contribution in [0.5, 0.6) is 5.75 Å². The number of hydrogen-bond acceptors (Lipinski definition) is 6. The number of alkyl halides is 2. The number of carbonyl (C=O) groups excluding carboxylic acids is 3. The highest BCUT2D eigenvalue weighted by Gasteiger charge is 2.40. The molecule has 3 N–H and O–H groups in total. The van der Waals surface area contributed by atoms with Gasteiger partial charge in [0.2, 0.25) is 5.91 Å². The third-order valence-electron chi connectivity index (χ3n) is 5.77. The molecule has 0 bridgehead atoms. The topological polar surface area (TPSA) is 114 Å². The van der Waals surface area contributed by atoms with Crippen molar-refractivity contribution in [2.75, 3.05) is 36.5 Å². The monoisotopic (exact) mass is 482 g/mol. The van der Waals surface area contributed by atoms with Gasteiger partial charge in [-0.1, -0.05) is 27.2 Å². The molecule has 1 aromatic carbocycles. The highest BCUT2D eigenvalue weighted by Crippen LogP contribution is 2.34. The van der Waals surface area contributed by atoms with Crippen molar-refractivity contribution in [1.29, 1.82) is 0 Å². The maximum Gasteiger partial charge on any atom is 0.387 e. The molecule has 2 aliphatic rings. The molecule has 1 saturated carbocycles. The quantitative estimate of drug-likeness (QED) is 0.523. The van der Waals surface area contributed by atoms with Gasteiger partial charge in [-0.05, 0) is 30.4 Å². The molecule has 1 saturated heterocycles. The smallest absolute Gasteiger partial charge is 0.387 e. The first-order chi connectivity index (χ1) is 16.0. The summed E-state index contributed by atoms with van der Waals surface area (Å²) in [7, 11) is 0. The SMILES string of the molecule is CC(C)(C)CN(C1CCC1)[C@H](C(N)=O)C(=O)Nc1ccc(N2CCOCC2=O)c(OC(F)F)c1. The lowest BCUT2D eigenvalue weighted by molar-refractivity contribution is -0.135. The Morgan fingerprint density at radius 2 is 2.03 bits per heavy atom. The first-order valence-corrected chi connectivity index (χ1v) is 11.3. The van der Waals surface area contributed by atoms with Gasteiger partial charge in [0.15, 0.2) is 11.8 Å². The first-order valence-electron chi connectivity index (χ1n) is 11.3. The molecular formula is C23H32F2N4O5. The summed E-state index contributed by atoms with van der Waals surface area (Å²) in [6.45, 7) is 3.63. The predicted octanol–water partition coefficient (Wildman–Crippen LogP) is 2.34. The Bertz CT molecular complexity index is 917. The molecule has 0 radical (unpaired) electrons. The van der Waals surface area contributed by atoms with Crippen molar-refractivity contribution in [2.45, 2.75) is 58.7 Å². The molecule has 1 heterocycles. The van der Waals surface area contributed by atoms with Crippen LogP contribution in [0.25, 0.3) is 0 Å². The number of nitrogens with zero attached hydrogens (tertiary/aromatic N) is 2. The highest BCUT2D eigenvalue weighted by molar-refractivity contribution is 6.10. The lowest BCUT2D eigenvalue weighted by Gasteiger charge is -2.43. The average Bonchev–Trinajstić information content (AvgIpc) is 2.65. The number of amides is 3. The van der Waals surface area contributed by atoms with Crippen molar-refractivity contribution >= 4 is 29.1 Å². The van der Waals surface area contributed by atoms with E-state index >= 15 is 0 Å². The molecule has 3 rings (SSSR count). The molecule has 1 aliphatic heterocycles. The van der Waals surface area contributed by atoms with E-state index in [4.69, 9.17) is 10.5 Å². The Balaban J connectivity index is 1.86. The minimum atomic E-state index is -3.14. The van der Waals surface area contributed by atoms with Gasteiger partial charge in [0.05, 0.1) is 12.3 Å². The van der Waals surface area contributed by atoms with Gasteiger partial charge in [-0.2, -0.15) is 8.78 Å². The van der Waals surface area contributed by atoms with Gasteiger partial charge >= 0.3 is 6.61 Å². The summed E-state index contributed by atoms with van der Waals surface area (Å²) in [4.78, 5) is 40.8. The van der Waals surface area contributed by atoms with Crippen molar-refractivity contribution < 1.29 is 32.6 Å². The predicted molar refractivity (Wildman–Crippen MR) is 122 cm³/mol. The van der Waals surface area contributed by atoms with Crippen LogP contribution in [0.15, 0.2) is 18.2 Å². The number of hydrogen-bond donors (Lipinski definition) is 2. The standard InChI is InChI=1S/C23H32F2N4O5/c1-23(2,3)13-29(15-5-4-6-15)19(20(26)31)21(32)27-14-7-8-16(17(11-14)34-22(24)25)28-9-10-33-12-18(28)30/h7-8,11,15,19,22H,4-6,9-10,12-13H2,1-3H3,(H2,26,31)(H,27,32)/t19-/m1/s1.